The molecule has 2 nitrogen and oxygen atoms in total. The Kier molecular flexibility index (Phi) is 2.74. The molecule has 0 aliphatic rings. The molecule has 1 rings (SSSR count). The maximum absolute atomic E-state index is 5.39. The lowest BCUT2D eigenvalue weighted by molar-refractivity contribution is 1.56. The number of allylic oxidation sites excluding steroid dienone is 2. The second kappa shape index (κ2) is 3.83. The zero-order chi connectivity index (χ0) is 8.10. The SMILES string of the molecule is N/C=C(/C=C/N)c1cccs1. The monoisotopic (exact) mass is 166 g/mol. The van der Waals surface area contributed by atoms with E-state index in [2.05, 4.69) is 0 Å². The zero-order valence-corrected chi connectivity index (χ0v) is 6.84. The van der Waals surface area contributed by atoms with Crippen LogP contribution in [0.4, 0.5) is 0 Å². The molecule has 0 spiro atoms. The molecule has 3 heteroatoms. The minimum absolute atomic E-state index is 0.961. The van der Waals surface area contributed by atoms with Gasteiger partial charge in [0, 0.05) is 16.7 Å². The molecule has 0 saturated carbocycles. The van der Waals surface area contributed by atoms with Crippen molar-refractivity contribution in [2.75, 3.05) is 0 Å². The second-order valence-corrected chi connectivity index (χ2v) is 2.91. The smallest absolute Gasteiger partial charge is 0.0357 e. The molecule has 58 valence electrons. The lowest BCUT2D eigenvalue weighted by Crippen LogP contribution is -1.85. The van der Waals surface area contributed by atoms with Gasteiger partial charge in [0.15, 0.2) is 0 Å². The van der Waals surface area contributed by atoms with Crippen LogP contribution < -0.4 is 11.5 Å². The van der Waals surface area contributed by atoms with Crippen molar-refractivity contribution in [3.05, 3.63) is 40.9 Å². The van der Waals surface area contributed by atoms with Crippen LogP contribution in [0, 0.1) is 0 Å². The lowest BCUT2D eigenvalue weighted by atomic mass is 10.2. The molecule has 4 N–H and O–H groups in total. The lowest BCUT2D eigenvalue weighted by Gasteiger charge is -1.93. The minimum Gasteiger partial charge on any atom is -0.405 e. The van der Waals surface area contributed by atoms with E-state index >= 15 is 0 Å². The number of thiophene rings is 1. The summed E-state index contributed by atoms with van der Waals surface area (Å²) in [5.74, 6) is 0. The molecule has 0 radical (unpaired) electrons. The van der Waals surface area contributed by atoms with Gasteiger partial charge in [-0.25, -0.2) is 0 Å². The maximum atomic E-state index is 5.39. The van der Waals surface area contributed by atoms with E-state index in [0.717, 1.165) is 10.5 Å². The summed E-state index contributed by atoms with van der Waals surface area (Å²) < 4.78 is 0. The van der Waals surface area contributed by atoms with Gasteiger partial charge in [0.05, 0.1) is 0 Å². The first-order valence-corrected chi connectivity index (χ1v) is 4.10. The second-order valence-electron chi connectivity index (χ2n) is 1.96. The first-order valence-electron chi connectivity index (χ1n) is 3.22. The summed E-state index contributed by atoms with van der Waals surface area (Å²) >= 11 is 1.64. The summed E-state index contributed by atoms with van der Waals surface area (Å²) in [5.41, 5.74) is 11.6. The molecule has 0 amide bonds. The Hall–Kier alpha value is -1.22. The molecule has 1 aromatic heterocycles. The number of hydrogen-bond donors (Lipinski definition) is 2. The van der Waals surface area contributed by atoms with Crippen LogP contribution in [0.5, 0.6) is 0 Å². The molecule has 0 saturated heterocycles. The van der Waals surface area contributed by atoms with Crippen molar-refractivity contribution < 1.29 is 0 Å². The quantitative estimate of drug-likeness (QED) is 0.654. The van der Waals surface area contributed by atoms with Crippen molar-refractivity contribution in [1.82, 2.24) is 0 Å². The van der Waals surface area contributed by atoms with E-state index in [1.807, 2.05) is 17.5 Å². The van der Waals surface area contributed by atoms with Crippen LogP contribution in [-0.2, 0) is 0 Å². The Balaban J connectivity index is 2.89. The van der Waals surface area contributed by atoms with Gasteiger partial charge in [0.1, 0.15) is 0 Å². The Morgan fingerprint density at radius 1 is 1.45 bits per heavy atom. The summed E-state index contributed by atoms with van der Waals surface area (Å²) in [6.07, 6.45) is 4.82. The van der Waals surface area contributed by atoms with E-state index in [9.17, 15) is 0 Å². The number of hydrogen-bond acceptors (Lipinski definition) is 3. The molecule has 1 heterocycles. The van der Waals surface area contributed by atoms with Crippen molar-refractivity contribution in [2.45, 2.75) is 0 Å². The fourth-order valence-electron chi connectivity index (χ4n) is 0.766. The van der Waals surface area contributed by atoms with Crippen LogP contribution in [0.1, 0.15) is 4.88 Å². The molecule has 0 aromatic carbocycles. The van der Waals surface area contributed by atoms with Crippen LogP contribution in [0.25, 0.3) is 5.57 Å². The molecular formula is C8H10N2S. The van der Waals surface area contributed by atoms with Crippen molar-refractivity contribution in [3.63, 3.8) is 0 Å². The third kappa shape index (κ3) is 1.85. The Morgan fingerprint density at radius 3 is 2.73 bits per heavy atom. The zero-order valence-electron chi connectivity index (χ0n) is 6.03. The van der Waals surface area contributed by atoms with Crippen LogP contribution >= 0.6 is 11.3 Å². The van der Waals surface area contributed by atoms with E-state index in [-0.39, 0.29) is 0 Å². The highest BCUT2D eigenvalue weighted by Crippen LogP contribution is 2.19. The average molecular weight is 166 g/mol. The molecular weight excluding hydrogens is 156 g/mol. The third-order valence-electron chi connectivity index (χ3n) is 1.26. The number of nitrogens with two attached hydrogens (primary N) is 2. The highest BCUT2D eigenvalue weighted by Gasteiger charge is 1.95. The molecule has 0 aliphatic heterocycles. The van der Waals surface area contributed by atoms with Crippen molar-refractivity contribution >= 4 is 16.9 Å². The van der Waals surface area contributed by atoms with Gasteiger partial charge in [0.25, 0.3) is 0 Å². The summed E-state index contributed by atoms with van der Waals surface area (Å²) in [4.78, 5) is 1.13. The Labute approximate surface area is 69.8 Å². The van der Waals surface area contributed by atoms with Crippen molar-refractivity contribution in [1.29, 1.82) is 0 Å². The topological polar surface area (TPSA) is 52.0 Å². The summed E-state index contributed by atoms with van der Waals surface area (Å²) in [6.45, 7) is 0. The predicted molar refractivity (Wildman–Crippen MR) is 49.8 cm³/mol. The maximum Gasteiger partial charge on any atom is 0.0357 e. The normalized spacial score (nSPS) is 12.5. The Bertz CT molecular complexity index is 260. The van der Waals surface area contributed by atoms with Crippen LogP contribution in [0.3, 0.4) is 0 Å². The predicted octanol–water partition coefficient (Wildman–Crippen LogP) is 1.52. The summed E-state index contributed by atoms with van der Waals surface area (Å²) in [5, 5.41) is 2.00. The molecule has 0 bridgehead atoms. The fraction of sp³-hybridized carbons (Fsp3) is 0. The van der Waals surface area contributed by atoms with Gasteiger partial charge in [0.2, 0.25) is 0 Å². The molecule has 0 atom stereocenters. The fourth-order valence-corrected chi connectivity index (χ4v) is 1.50. The highest BCUT2D eigenvalue weighted by molar-refractivity contribution is 7.11. The van der Waals surface area contributed by atoms with Gasteiger partial charge < -0.3 is 11.5 Å². The van der Waals surface area contributed by atoms with Gasteiger partial charge in [-0.05, 0) is 23.7 Å². The molecule has 11 heavy (non-hydrogen) atoms. The van der Waals surface area contributed by atoms with Gasteiger partial charge in [-0.2, -0.15) is 0 Å². The van der Waals surface area contributed by atoms with Crippen molar-refractivity contribution in [2.24, 2.45) is 11.5 Å². The minimum atomic E-state index is 0.961. The highest BCUT2D eigenvalue weighted by atomic mass is 32.1. The molecule has 1 aromatic rings. The van der Waals surface area contributed by atoms with Crippen LogP contribution in [0.2, 0.25) is 0 Å². The van der Waals surface area contributed by atoms with E-state index in [1.54, 1.807) is 23.6 Å². The van der Waals surface area contributed by atoms with E-state index in [1.165, 1.54) is 6.20 Å². The Morgan fingerprint density at radius 2 is 2.27 bits per heavy atom. The largest absolute Gasteiger partial charge is 0.405 e. The number of rotatable bonds is 2. The summed E-state index contributed by atoms with van der Waals surface area (Å²) in [6, 6.07) is 3.98. The van der Waals surface area contributed by atoms with E-state index < -0.39 is 0 Å². The summed E-state index contributed by atoms with van der Waals surface area (Å²) in [7, 11) is 0. The average Bonchev–Trinajstić information content (AvgIpc) is 2.52. The standard InChI is InChI=1S/C8H10N2S/c9-4-3-7(6-10)8-2-1-5-11-8/h1-6H,9-10H2/b4-3+,7-6-. The molecule has 0 unspecified atom stereocenters. The van der Waals surface area contributed by atoms with Gasteiger partial charge in [-0.3, -0.25) is 0 Å². The van der Waals surface area contributed by atoms with Crippen molar-refractivity contribution in [3.8, 4) is 0 Å². The third-order valence-corrected chi connectivity index (χ3v) is 2.18. The van der Waals surface area contributed by atoms with Gasteiger partial charge >= 0.3 is 0 Å². The van der Waals surface area contributed by atoms with Gasteiger partial charge in [-0.1, -0.05) is 6.07 Å². The molecule has 0 aliphatic carbocycles. The first-order chi connectivity index (χ1) is 5.38. The van der Waals surface area contributed by atoms with Gasteiger partial charge in [-0.15, -0.1) is 11.3 Å². The van der Waals surface area contributed by atoms with Crippen LogP contribution in [0.15, 0.2) is 36.0 Å². The van der Waals surface area contributed by atoms with E-state index in [4.69, 9.17) is 11.5 Å². The van der Waals surface area contributed by atoms with E-state index in [0.29, 0.717) is 0 Å². The van der Waals surface area contributed by atoms with Crippen LogP contribution in [-0.4, -0.2) is 0 Å². The first kappa shape index (κ1) is 7.88. The molecule has 0 fully saturated rings.